The van der Waals surface area contributed by atoms with Crippen molar-refractivity contribution in [3.8, 4) is 0 Å². The zero-order chi connectivity index (χ0) is 20.2. The zero-order valence-corrected chi connectivity index (χ0v) is 15.4. The Balaban J connectivity index is 1.41. The summed E-state index contributed by atoms with van der Waals surface area (Å²) in [5.74, 6) is -1.77. The number of hydrogen-bond donors (Lipinski definition) is 3. The number of rotatable bonds is 6. The second kappa shape index (κ2) is 8.10. The number of hydrogen-bond acceptors (Lipinski definition) is 3. The molecule has 2 heterocycles. The van der Waals surface area contributed by atoms with Crippen molar-refractivity contribution in [2.75, 3.05) is 17.2 Å². The van der Waals surface area contributed by atoms with Crippen LogP contribution in [0.15, 0.2) is 67.0 Å². The summed E-state index contributed by atoms with van der Waals surface area (Å²) < 4.78 is 27.5. The number of aromatic nitrogens is 2. The van der Waals surface area contributed by atoms with Gasteiger partial charge in [0, 0.05) is 35.4 Å². The van der Waals surface area contributed by atoms with Crippen LogP contribution in [0.4, 0.5) is 20.3 Å². The van der Waals surface area contributed by atoms with Crippen molar-refractivity contribution < 1.29 is 13.6 Å². The number of carbonyl (C=O) groups is 1. The second-order valence-corrected chi connectivity index (χ2v) is 6.52. The zero-order valence-electron chi connectivity index (χ0n) is 15.4. The number of fused-ring (bicyclic) bond motifs is 1. The number of anilines is 2. The van der Waals surface area contributed by atoms with Crippen LogP contribution in [0.25, 0.3) is 10.9 Å². The molecule has 2 aromatic heterocycles. The molecule has 0 aliphatic carbocycles. The van der Waals surface area contributed by atoms with E-state index in [9.17, 15) is 13.6 Å². The largest absolute Gasteiger partial charge is 0.370 e. The number of nitrogens with one attached hydrogen (secondary N) is 3. The molecule has 0 fully saturated rings. The first kappa shape index (κ1) is 18.6. The Morgan fingerprint density at radius 1 is 1.03 bits per heavy atom. The molecule has 4 aromatic rings. The topological polar surface area (TPSA) is 69.8 Å². The average molecular weight is 392 g/mol. The standard InChI is InChI=1S/C22H18F2N4O/c23-17-5-3-6-18(24)21(17)28-22(29)14-8-10-25-20(12-14)26-11-9-15-13-27-19-7-2-1-4-16(15)19/h1-8,10,12-13,27H,9,11H2,(H,25,26)(H,28,29). The molecule has 0 unspecified atom stereocenters. The molecule has 0 spiro atoms. The Kier molecular flexibility index (Phi) is 5.20. The lowest BCUT2D eigenvalue weighted by atomic mass is 10.1. The number of H-pyrrole nitrogens is 1. The molecular formula is C22H18F2N4O. The van der Waals surface area contributed by atoms with E-state index in [0.717, 1.165) is 24.1 Å². The fourth-order valence-electron chi connectivity index (χ4n) is 3.14. The Bertz CT molecular complexity index is 1150. The molecule has 3 N–H and O–H groups in total. The lowest BCUT2D eigenvalue weighted by Crippen LogP contribution is -2.15. The van der Waals surface area contributed by atoms with Crippen LogP contribution >= 0.6 is 0 Å². The van der Waals surface area contributed by atoms with E-state index in [0.29, 0.717) is 12.4 Å². The van der Waals surface area contributed by atoms with Crippen LogP contribution in [0.3, 0.4) is 0 Å². The van der Waals surface area contributed by atoms with Gasteiger partial charge in [-0.3, -0.25) is 4.79 Å². The Hall–Kier alpha value is -3.74. The first-order valence-electron chi connectivity index (χ1n) is 9.12. The number of aromatic amines is 1. The summed E-state index contributed by atoms with van der Waals surface area (Å²) in [6.45, 7) is 0.613. The third kappa shape index (κ3) is 4.08. The summed E-state index contributed by atoms with van der Waals surface area (Å²) in [5.41, 5.74) is 2.04. The highest BCUT2D eigenvalue weighted by Crippen LogP contribution is 2.20. The number of para-hydroxylation sites is 2. The monoisotopic (exact) mass is 392 g/mol. The minimum absolute atomic E-state index is 0.247. The third-order valence-electron chi connectivity index (χ3n) is 4.60. The van der Waals surface area contributed by atoms with Crippen LogP contribution < -0.4 is 10.6 Å². The number of carbonyl (C=O) groups excluding carboxylic acids is 1. The van der Waals surface area contributed by atoms with E-state index < -0.39 is 23.2 Å². The summed E-state index contributed by atoms with van der Waals surface area (Å²) in [6, 6.07) is 14.5. The molecule has 0 aliphatic heterocycles. The van der Waals surface area contributed by atoms with Gasteiger partial charge in [-0.15, -0.1) is 0 Å². The van der Waals surface area contributed by atoms with Gasteiger partial charge in [-0.25, -0.2) is 13.8 Å². The van der Waals surface area contributed by atoms with Gasteiger partial charge in [0.15, 0.2) is 0 Å². The summed E-state index contributed by atoms with van der Waals surface area (Å²) >= 11 is 0. The van der Waals surface area contributed by atoms with Crippen molar-refractivity contribution in [1.29, 1.82) is 0 Å². The van der Waals surface area contributed by atoms with E-state index >= 15 is 0 Å². The summed E-state index contributed by atoms with van der Waals surface area (Å²) in [6.07, 6.45) is 4.22. The maximum absolute atomic E-state index is 13.7. The minimum atomic E-state index is -0.829. The van der Waals surface area contributed by atoms with Crippen LogP contribution in [0.1, 0.15) is 15.9 Å². The van der Waals surface area contributed by atoms with E-state index in [4.69, 9.17) is 0 Å². The summed E-state index contributed by atoms with van der Waals surface area (Å²) in [4.78, 5) is 19.8. The molecule has 0 saturated heterocycles. The summed E-state index contributed by atoms with van der Waals surface area (Å²) in [7, 11) is 0. The van der Waals surface area contributed by atoms with Gasteiger partial charge in [0.2, 0.25) is 0 Å². The predicted molar refractivity (Wildman–Crippen MR) is 109 cm³/mol. The first-order chi connectivity index (χ1) is 14.1. The van der Waals surface area contributed by atoms with Gasteiger partial charge in [0.05, 0.1) is 0 Å². The van der Waals surface area contributed by atoms with Gasteiger partial charge in [0.25, 0.3) is 5.91 Å². The van der Waals surface area contributed by atoms with Crippen LogP contribution in [-0.2, 0) is 6.42 Å². The highest BCUT2D eigenvalue weighted by Gasteiger charge is 2.14. The molecule has 5 nitrogen and oxygen atoms in total. The van der Waals surface area contributed by atoms with Crippen LogP contribution in [0.2, 0.25) is 0 Å². The molecule has 7 heteroatoms. The fraction of sp³-hybridized carbons (Fsp3) is 0.0909. The van der Waals surface area contributed by atoms with Crippen molar-refractivity contribution in [2.45, 2.75) is 6.42 Å². The van der Waals surface area contributed by atoms with Crippen molar-refractivity contribution in [1.82, 2.24) is 9.97 Å². The molecule has 0 atom stereocenters. The lowest BCUT2D eigenvalue weighted by Gasteiger charge is -2.09. The normalized spacial score (nSPS) is 10.8. The third-order valence-corrected chi connectivity index (χ3v) is 4.60. The molecule has 0 saturated carbocycles. The van der Waals surface area contributed by atoms with Gasteiger partial charge >= 0.3 is 0 Å². The average Bonchev–Trinajstić information content (AvgIpc) is 3.14. The number of pyridine rings is 1. The molecule has 29 heavy (non-hydrogen) atoms. The molecule has 2 aromatic carbocycles. The molecule has 0 aliphatic rings. The van der Waals surface area contributed by atoms with Crippen LogP contribution in [0.5, 0.6) is 0 Å². The van der Waals surface area contributed by atoms with Crippen molar-refractivity contribution in [3.63, 3.8) is 0 Å². The quantitative estimate of drug-likeness (QED) is 0.444. The van der Waals surface area contributed by atoms with Gasteiger partial charge < -0.3 is 15.6 Å². The van der Waals surface area contributed by atoms with E-state index in [1.165, 1.54) is 29.3 Å². The van der Waals surface area contributed by atoms with E-state index in [1.807, 2.05) is 24.4 Å². The van der Waals surface area contributed by atoms with Crippen LogP contribution in [-0.4, -0.2) is 22.4 Å². The maximum Gasteiger partial charge on any atom is 0.256 e. The molecule has 1 amide bonds. The first-order valence-corrected chi connectivity index (χ1v) is 9.12. The Labute approximate surface area is 165 Å². The number of nitrogens with zero attached hydrogens (tertiary/aromatic N) is 1. The number of halogens is 2. The highest BCUT2D eigenvalue weighted by molar-refractivity contribution is 6.04. The number of amides is 1. The Morgan fingerprint density at radius 3 is 2.66 bits per heavy atom. The molecule has 0 bridgehead atoms. The smallest absolute Gasteiger partial charge is 0.256 e. The van der Waals surface area contributed by atoms with E-state index in [1.54, 1.807) is 6.07 Å². The van der Waals surface area contributed by atoms with E-state index in [-0.39, 0.29) is 5.56 Å². The SMILES string of the molecule is O=C(Nc1c(F)cccc1F)c1ccnc(NCCc2c[nH]c3ccccc23)c1. The molecule has 4 rings (SSSR count). The predicted octanol–water partition coefficient (Wildman–Crippen LogP) is 4.75. The fourth-order valence-corrected chi connectivity index (χ4v) is 3.14. The second-order valence-electron chi connectivity index (χ2n) is 6.52. The van der Waals surface area contributed by atoms with Gasteiger partial charge in [0.1, 0.15) is 23.1 Å². The summed E-state index contributed by atoms with van der Waals surface area (Å²) in [5, 5.41) is 6.62. The number of benzene rings is 2. The van der Waals surface area contributed by atoms with Gasteiger partial charge in [-0.05, 0) is 42.3 Å². The molecular weight excluding hydrogens is 374 g/mol. The highest BCUT2D eigenvalue weighted by atomic mass is 19.1. The van der Waals surface area contributed by atoms with Crippen LogP contribution in [0, 0.1) is 11.6 Å². The van der Waals surface area contributed by atoms with Crippen molar-refractivity contribution in [2.24, 2.45) is 0 Å². The maximum atomic E-state index is 13.7. The lowest BCUT2D eigenvalue weighted by molar-refractivity contribution is 0.102. The minimum Gasteiger partial charge on any atom is -0.370 e. The van der Waals surface area contributed by atoms with Crippen molar-refractivity contribution in [3.05, 3.63) is 89.8 Å². The van der Waals surface area contributed by atoms with Gasteiger partial charge in [-0.2, -0.15) is 0 Å². The van der Waals surface area contributed by atoms with E-state index in [2.05, 4.69) is 26.7 Å². The van der Waals surface area contributed by atoms with Crippen molar-refractivity contribution >= 4 is 28.3 Å². The Morgan fingerprint density at radius 2 is 1.83 bits per heavy atom. The molecule has 0 radical (unpaired) electrons. The molecule has 146 valence electrons. The van der Waals surface area contributed by atoms with Gasteiger partial charge in [-0.1, -0.05) is 24.3 Å².